The van der Waals surface area contributed by atoms with Gasteiger partial charge in [0, 0.05) is 19.4 Å². The summed E-state index contributed by atoms with van der Waals surface area (Å²) in [4.78, 5) is 16.7. The number of aryl methyl sites for hydroxylation is 2. The molecule has 0 radical (unpaired) electrons. The maximum absolute atomic E-state index is 13.2. The zero-order valence-corrected chi connectivity index (χ0v) is 12.8. The third kappa shape index (κ3) is 3.15. The van der Waals surface area contributed by atoms with Crippen LogP contribution in [0.4, 0.5) is 4.39 Å². The number of aromatic nitrogens is 2. The molecule has 0 aliphatic rings. The summed E-state index contributed by atoms with van der Waals surface area (Å²) >= 11 is 0. The third-order valence-electron chi connectivity index (χ3n) is 3.56. The summed E-state index contributed by atoms with van der Waals surface area (Å²) in [5, 5.41) is 2.89. The highest BCUT2D eigenvalue weighted by molar-refractivity contribution is 5.92. The Morgan fingerprint density at radius 2 is 2.00 bits per heavy atom. The van der Waals surface area contributed by atoms with Crippen molar-refractivity contribution >= 4 is 5.91 Å². The summed E-state index contributed by atoms with van der Waals surface area (Å²) in [5.41, 5.74) is 0.734. The van der Waals surface area contributed by atoms with Crippen LogP contribution in [0.2, 0.25) is 0 Å². The van der Waals surface area contributed by atoms with Crippen molar-refractivity contribution < 1.29 is 13.6 Å². The van der Waals surface area contributed by atoms with Gasteiger partial charge in [-0.15, -0.1) is 0 Å². The summed E-state index contributed by atoms with van der Waals surface area (Å²) < 4.78 is 20.3. The van der Waals surface area contributed by atoms with E-state index in [1.165, 1.54) is 12.1 Å². The fourth-order valence-corrected chi connectivity index (χ4v) is 2.37. The minimum Gasteiger partial charge on any atom is -0.456 e. The maximum Gasteiger partial charge on any atom is 0.287 e. The highest BCUT2D eigenvalue weighted by atomic mass is 19.1. The molecule has 5 nitrogen and oxygen atoms in total. The monoisotopic (exact) mass is 313 g/mol. The predicted octanol–water partition coefficient (Wildman–Crippen LogP) is 2.98. The summed E-state index contributed by atoms with van der Waals surface area (Å²) in [6.07, 6.45) is 3.43. The van der Waals surface area contributed by atoms with E-state index in [0.717, 1.165) is 5.56 Å². The van der Waals surface area contributed by atoms with Crippen LogP contribution in [0.5, 0.6) is 0 Å². The van der Waals surface area contributed by atoms with E-state index in [-0.39, 0.29) is 17.5 Å². The molecule has 1 atom stereocenters. The molecule has 118 valence electrons. The summed E-state index contributed by atoms with van der Waals surface area (Å²) in [5.74, 6) is 0.846. The molecule has 2 heterocycles. The summed E-state index contributed by atoms with van der Waals surface area (Å²) in [7, 11) is 1.84. The van der Waals surface area contributed by atoms with Gasteiger partial charge < -0.3 is 14.3 Å². The lowest BCUT2D eigenvalue weighted by molar-refractivity contribution is 0.0912. The molecule has 23 heavy (non-hydrogen) atoms. The minimum absolute atomic E-state index is 0.226. The average Bonchev–Trinajstić information content (AvgIpc) is 3.14. The Morgan fingerprint density at radius 3 is 2.57 bits per heavy atom. The normalized spacial score (nSPS) is 12.1. The summed E-state index contributed by atoms with van der Waals surface area (Å²) in [6, 6.07) is 8.80. The Labute approximate surface area is 132 Å². The first-order chi connectivity index (χ1) is 11.0. The van der Waals surface area contributed by atoms with Crippen molar-refractivity contribution in [1.82, 2.24) is 14.9 Å². The Bertz CT molecular complexity index is 820. The Balaban J connectivity index is 1.94. The number of carbonyl (C=O) groups is 1. The number of carbonyl (C=O) groups excluding carboxylic acids is 1. The molecule has 0 bridgehead atoms. The standard InChI is InChI=1S/C17H16FN3O2/c1-11-3-8-14(23-11)17(22)20-15(16-19-9-10-21(16)2)12-4-6-13(18)7-5-12/h3-10,15H,1-2H3,(H,20,22)/t15-/m0/s1. The predicted molar refractivity (Wildman–Crippen MR) is 82.4 cm³/mol. The van der Waals surface area contributed by atoms with Crippen LogP contribution in [0.25, 0.3) is 0 Å². The molecule has 0 saturated heterocycles. The van der Waals surface area contributed by atoms with Crippen LogP contribution in [0.3, 0.4) is 0 Å². The van der Waals surface area contributed by atoms with Crippen LogP contribution in [-0.2, 0) is 7.05 Å². The Kier molecular flexibility index (Phi) is 3.97. The smallest absolute Gasteiger partial charge is 0.287 e. The molecule has 3 aromatic rings. The molecule has 0 aliphatic heterocycles. The van der Waals surface area contributed by atoms with E-state index in [1.54, 1.807) is 43.6 Å². The first-order valence-corrected chi connectivity index (χ1v) is 7.14. The van der Waals surface area contributed by atoms with Gasteiger partial charge in [0.15, 0.2) is 5.76 Å². The number of nitrogens with zero attached hydrogens (tertiary/aromatic N) is 2. The molecule has 0 saturated carbocycles. The van der Waals surface area contributed by atoms with Crippen molar-refractivity contribution in [3.05, 3.63) is 77.5 Å². The largest absolute Gasteiger partial charge is 0.456 e. The van der Waals surface area contributed by atoms with E-state index >= 15 is 0 Å². The van der Waals surface area contributed by atoms with Gasteiger partial charge in [-0.25, -0.2) is 9.37 Å². The second-order valence-corrected chi connectivity index (χ2v) is 5.26. The van der Waals surface area contributed by atoms with Gasteiger partial charge in [0.05, 0.1) is 0 Å². The van der Waals surface area contributed by atoms with Gasteiger partial charge in [0.1, 0.15) is 23.4 Å². The molecule has 2 aromatic heterocycles. The molecule has 0 unspecified atom stereocenters. The fraction of sp³-hybridized carbons (Fsp3) is 0.176. The van der Waals surface area contributed by atoms with Crippen LogP contribution in [-0.4, -0.2) is 15.5 Å². The molecule has 1 aromatic carbocycles. The van der Waals surface area contributed by atoms with Crippen LogP contribution in [0.1, 0.15) is 33.7 Å². The molecule has 1 N–H and O–H groups in total. The van der Waals surface area contributed by atoms with Crippen LogP contribution >= 0.6 is 0 Å². The van der Waals surface area contributed by atoms with Gasteiger partial charge in [-0.1, -0.05) is 12.1 Å². The quantitative estimate of drug-likeness (QED) is 0.805. The lowest BCUT2D eigenvalue weighted by Crippen LogP contribution is -2.30. The van der Waals surface area contributed by atoms with Crippen LogP contribution < -0.4 is 5.32 Å². The molecule has 1 amide bonds. The zero-order chi connectivity index (χ0) is 16.4. The zero-order valence-electron chi connectivity index (χ0n) is 12.8. The molecular formula is C17H16FN3O2. The van der Waals surface area contributed by atoms with E-state index in [1.807, 2.05) is 11.6 Å². The number of benzene rings is 1. The van der Waals surface area contributed by atoms with Gasteiger partial charge in [0.2, 0.25) is 0 Å². The summed E-state index contributed by atoms with van der Waals surface area (Å²) in [6.45, 7) is 1.77. The lowest BCUT2D eigenvalue weighted by atomic mass is 10.1. The topological polar surface area (TPSA) is 60.1 Å². The Morgan fingerprint density at radius 1 is 1.26 bits per heavy atom. The van der Waals surface area contributed by atoms with Gasteiger partial charge in [-0.3, -0.25) is 4.79 Å². The second-order valence-electron chi connectivity index (χ2n) is 5.26. The van der Waals surface area contributed by atoms with Crippen molar-refractivity contribution in [2.75, 3.05) is 0 Å². The van der Waals surface area contributed by atoms with Gasteiger partial charge >= 0.3 is 0 Å². The molecular weight excluding hydrogens is 297 g/mol. The van der Waals surface area contributed by atoms with Gasteiger partial charge in [-0.2, -0.15) is 0 Å². The average molecular weight is 313 g/mol. The van der Waals surface area contributed by atoms with E-state index in [2.05, 4.69) is 10.3 Å². The molecule has 3 rings (SSSR count). The van der Waals surface area contributed by atoms with E-state index in [0.29, 0.717) is 11.6 Å². The lowest BCUT2D eigenvalue weighted by Gasteiger charge is -2.18. The fourth-order valence-electron chi connectivity index (χ4n) is 2.37. The number of hydrogen-bond donors (Lipinski definition) is 1. The first kappa shape index (κ1) is 15.0. The first-order valence-electron chi connectivity index (χ1n) is 7.14. The number of imidazole rings is 1. The molecule has 6 heteroatoms. The van der Waals surface area contributed by atoms with Gasteiger partial charge in [0.25, 0.3) is 5.91 Å². The second kappa shape index (κ2) is 6.08. The number of halogens is 1. The number of amides is 1. The molecule has 0 spiro atoms. The minimum atomic E-state index is -0.506. The van der Waals surface area contributed by atoms with Crippen molar-refractivity contribution in [3.8, 4) is 0 Å². The van der Waals surface area contributed by atoms with Crippen molar-refractivity contribution in [2.45, 2.75) is 13.0 Å². The van der Waals surface area contributed by atoms with Crippen molar-refractivity contribution in [1.29, 1.82) is 0 Å². The highest BCUT2D eigenvalue weighted by Crippen LogP contribution is 2.21. The molecule has 0 fully saturated rings. The maximum atomic E-state index is 13.2. The Hall–Kier alpha value is -2.89. The molecule has 0 aliphatic carbocycles. The van der Waals surface area contributed by atoms with Crippen LogP contribution in [0.15, 0.2) is 53.2 Å². The number of rotatable bonds is 4. The van der Waals surface area contributed by atoms with E-state index in [4.69, 9.17) is 4.42 Å². The van der Waals surface area contributed by atoms with Crippen LogP contribution in [0, 0.1) is 12.7 Å². The van der Waals surface area contributed by atoms with E-state index < -0.39 is 6.04 Å². The SMILES string of the molecule is Cc1ccc(C(=O)N[C@@H](c2ccc(F)cc2)c2nccn2C)o1. The number of nitrogens with one attached hydrogen (secondary N) is 1. The van der Waals surface area contributed by atoms with Gasteiger partial charge in [-0.05, 0) is 36.8 Å². The van der Waals surface area contributed by atoms with Crippen molar-refractivity contribution in [2.24, 2.45) is 7.05 Å². The third-order valence-corrected chi connectivity index (χ3v) is 3.56. The van der Waals surface area contributed by atoms with E-state index in [9.17, 15) is 9.18 Å². The van der Waals surface area contributed by atoms with Crippen molar-refractivity contribution in [3.63, 3.8) is 0 Å². The number of furan rings is 1. The highest BCUT2D eigenvalue weighted by Gasteiger charge is 2.22. The number of hydrogen-bond acceptors (Lipinski definition) is 3.